The molecule has 21 heavy (non-hydrogen) atoms. The molecule has 106 valence electrons. The summed E-state index contributed by atoms with van der Waals surface area (Å²) in [5.74, 6) is 2.37. The molecule has 0 aliphatic heterocycles. The van der Waals surface area contributed by atoms with Crippen molar-refractivity contribution in [1.29, 1.82) is 0 Å². The van der Waals surface area contributed by atoms with Crippen LogP contribution in [0, 0.1) is 6.92 Å². The fourth-order valence-corrected chi connectivity index (χ4v) is 2.33. The van der Waals surface area contributed by atoms with Gasteiger partial charge in [0.05, 0.1) is 7.11 Å². The molecule has 0 saturated heterocycles. The van der Waals surface area contributed by atoms with Crippen molar-refractivity contribution < 1.29 is 4.74 Å². The van der Waals surface area contributed by atoms with E-state index in [-0.39, 0.29) is 0 Å². The Morgan fingerprint density at radius 1 is 1.05 bits per heavy atom. The lowest BCUT2D eigenvalue weighted by Crippen LogP contribution is -1.95. The Hall–Kier alpha value is -2.62. The highest BCUT2D eigenvalue weighted by Crippen LogP contribution is 2.26. The monoisotopic (exact) mass is 279 g/mol. The normalized spacial score (nSPS) is 10.6. The number of nitrogens with zero attached hydrogens (tertiary/aromatic N) is 3. The molecule has 0 atom stereocenters. The van der Waals surface area contributed by atoms with E-state index in [1.165, 1.54) is 5.56 Å². The van der Waals surface area contributed by atoms with E-state index < -0.39 is 0 Å². The first-order chi connectivity index (χ1) is 10.2. The van der Waals surface area contributed by atoms with Crippen molar-refractivity contribution in [3.05, 3.63) is 54.1 Å². The molecule has 0 bridgehead atoms. The highest BCUT2D eigenvalue weighted by molar-refractivity contribution is 5.65. The fraction of sp³-hybridized carbons (Fsp3) is 0.176. The quantitative estimate of drug-likeness (QED) is 0.737. The molecule has 2 aromatic carbocycles. The molecule has 0 fully saturated rings. The van der Waals surface area contributed by atoms with E-state index in [4.69, 9.17) is 4.74 Å². The molecule has 1 aromatic heterocycles. The van der Waals surface area contributed by atoms with E-state index in [0.717, 1.165) is 22.7 Å². The van der Waals surface area contributed by atoms with Gasteiger partial charge in [0, 0.05) is 18.2 Å². The van der Waals surface area contributed by atoms with Crippen molar-refractivity contribution in [2.24, 2.45) is 7.05 Å². The van der Waals surface area contributed by atoms with Gasteiger partial charge in [0.2, 0.25) is 0 Å². The van der Waals surface area contributed by atoms with Crippen LogP contribution in [0.25, 0.3) is 22.8 Å². The van der Waals surface area contributed by atoms with Crippen LogP contribution in [-0.4, -0.2) is 21.9 Å². The van der Waals surface area contributed by atoms with Gasteiger partial charge in [-0.1, -0.05) is 36.4 Å². The summed E-state index contributed by atoms with van der Waals surface area (Å²) in [5, 5.41) is 4.52. The second-order valence-electron chi connectivity index (χ2n) is 4.93. The Bertz CT molecular complexity index is 777. The standard InChI is InChI=1S/C17H17N3O/c1-12-7-4-5-10-15(12)17-18-16(19-20(17)2)13-8-6-9-14(11-13)21-3/h4-11H,1-3H3. The SMILES string of the molecule is COc1cccc(-c2nc(-c3ccccc3C)n(C)n2)c1. The van der Waals surface area contributed by atoms with Crippen LogP contribution in [0.2, 0.25) is 0 Å². The average Bonchev–Trinajstić information content (AvgIpc) is 2.90. The molecule has 0 saturated carbocycles. The Kier molecular flexibility index (Phi) is 3.44. The molecule has 0 aliphatic rings. The third-order valence-corrected chi connectivity index (χ3v) is 3.48. The van der Waals surface area contributed by atoms with Gasteiger partial charge in [-0.15, -0.1) is 0 Å². The van der Waals surface area contributed by atoms with Gasteiger partial charge < -0.3 is 4.74 Å². The Labute approximate surface area is 124 Å². The van der Waals surface area contributed by atoms with E-state index >= 15 is 0 Å². The fourth-order valence-electron chi connectivity index (χ4n) is 2.33. The van der Waals surface area contributed by atoms with Gasteiger partial charge in [0.1, 0.15) is 5.75 Å². The van der Waals surface area contributed by atoms with Gasteiger partial charge in [-0.3, -0.25) is 0 Å². The van der Waals surface area contributed by atoms with Crippen molar-refractivity contribution in [1.82, 2.24) is 14.8 Å². The van der Waals surface area contributed by atoms with Crippen LogP contribution < -0.4 is 4.74 Å². The summed E-state index contributed by atoms with van der Waals surface area (Å²) >= 11 is 0. The van der Waals surface area contributed by atoms with Crippen LogP contribution in [0.15, 0.2) is 48.5 Å². The molecule has 0 aliphatic carbocycles. The molecule has 0 radical (unpaired) electrons. The number of rotatable bonds is 3. The molecule has 4 heteroatoms. The van der Waals surface area contributed by atoms with Crippen molar-refractivity contribution >= 4 is 0 Å². The number of methoxy groups -OCH3 is 1. The second-order valence-corrected chi connectivity index (χ2v) is 4.93. The zero-order valence-electron chi connectivity index (χ0n) is 12.4. The summed E-state index contributed by atoms with van der Waals surface area (Å²) in [6, 6.07) is 16.0. The maximum atomic E-state index is 5.25. The minimum atomic E-state index is 0.703. The first-order valence-electron chi connectivity index (χ1n) is 6.80. The number of aryl methyl sites for hydroxylation is 2. The van der Waals surface area contributed by atoms with Gasteiger partial charge in [-0.25, -0.2) is 9.67 Å². The summed E-state index contributed by atoms with van der Waals surface area (Å²) in [7, 11) is 3.57. The van der Waals surface area contributed by atoms with E-state index in [9.17, 15) is 0 Å². The maximum Gasteiger partial charge on any atom is 0.181 e. The minimum Gasteiger partial charge on any atom is -0.497 e. The number of aromatic nitrogens is 3. The number of ether oxygens (including phenoxy) is 1. The topological polar surface area (TPSA) is 39.9 Å². The summed E-state index contributed by atoms with van der Waals surface area (Å²) < 4.78 is 7.07. The van der Waals surface area contributed by atoms with Crippen molar-refractivity contribution in [2.75, 3.05) is 7.11 Å². The smallest absolute Gasteiger partial charge is 0.181 e. The van der Waals surface area contributed by atoms with Gasteiger partial charge >= 0.3 is 0 Å². The molecule has 0 amide bonds. The molecular weight excluding hydrogens is 262 g/mol. The molecular formula is C17H17N3O. The van der Waals surface area contributed by atoms with Crippen LogP contribution in [-0.2, 0) is 7.05 Å². The first-order valence-corrected chi connectivity index (χ1v) is 6.80. The molecule has 3 aromatic rings. The third-order valence-electron chi connectivity index (χ3n) is 3.48. The predicted molar refractivity (Wildman–Crippen MR) is 83.2 cm³/mol. The van der Waals surface area contributed by atoms with E-state index in [2.05, 4.69) is 29.1 Å². The molecule has 1 heterocycles. The van der Waals surface area contributed by atoms with Crippen LogP contribution in [0.1, 0.15) is 5.56 Å². The average molecular weight is 279 g/mol. The molecule has 0 unspecified atom stereocenters. The van der Waals surface area contributed by atoms with E-state index in [1.54, 1.807) is 7.11 Å². The van der Waals surface area contributed by atoms with Crippen LogP contribution in [0.3, 0.4) is 0 Å². The highest BCUT2D eigenvalue weighted by Gasteiger charge is 2.12. The zero-order valence-corrected chi connectivity index (χ0v) is 12.4. The summed E-state index contributed by atoms with van der Waals surface area (Å²) in [6.45, 7) is 2.08. The first kappa shape index (κ1) is 13.4. The van der Waals surface area contributed by atoms with Crippen LogP contribution in [0.5, 0.6) is 5.75 Å². The predicted octanol–water partition coefficient (Wildman–Crippen LogP) is 3.47. The number of hydrogen-bond donors (Lipinski definition) is 0. The van der Waals surface area contributed by atoms with Gasteiger partial charge in [0.15, 0.2) is 11.6 Å². The second kappa shape index (κ2) is 5.40. The largest absolute Gasteiger partial charge is 0.497 e. The minimum absolute atomic E-state index is 0.703. The van der Waals surface area contributed by atoms with Gasteiger partial charge in [-0.2, -0.15) is 5.10 Å². The molecule has 3 rings (SSSR count). The van der Waals surface area contributed by atoms with E-state index in [0.29, 0.717) is 5.82 Å². The van der Waals surface area contributed by atoms with Gasteiger partial charge in [-0.05, 0) is 24.6 Å². The van der Waals surface area contributed by atoms with Crippen molar-refractivity contribution in [3.63, 3.8) is 0 Å². The number of benzene rings is 2. The molecule has 0 spiro atoms. The van der Waals surface area contributed by atoms with E-state index in [1.807, 2.05) is 48.1 Å². The lowest BCUT2D eigenvalue weighted by atomic mass is 10.1. The number of hydrogen-bond acceptors (Lipinski definition) is 3. The van der Waals surface area contributed by atoms with Crippen LogP contribution in [0.4, 0.5) is 0 Å². The summed E-state index contributed by atoms with van der Waals surface area (Å²) in [6.07, 6.45) is 0. The summed E-state index contributed by atoms with van der Waals surface area (Å²) in [5.41, 5.74) is 3.23. The molecule has 4 nitrogen and oxygen atoms in total. The Morgan fingerprint density at radius 3 is 2.62 bits per heavy atom. The van der Waals surface area contributed by atoms with Crippen molar-refractivity contribution in [2.45, 2.75) is 6.92 Å². The maximum absolute atomic E-state index is 5.25. The third kappa shape index (κ3) is 2.52. The Morgan fingerprint density at radius 2 is 1.86 bits per heavy atom. The van der Waals surface area contributed by atoms with Gasteiger partial charge in [0.25, 0.3) is 0 Å². The lowest BCUT2D eigenvalue weighted by Gasteiger charge is -2.03. The van der Waals surface area contributed by atoms with Crippen LogP contribution >= 0.6 is 0 Å². The zero-order chi connectivity index (χ0) is 14.8. The highest BCUT2D eigenvalue weighted by atomic mass is 16.5. The lowest BCUT2D eigenvalue weighted by molar-refractivity contribution is 0.415. The van der Waals surface area contributed by atoms with Crippen molar-refractivity contribution in [3.8, 4) is 28.5 Å². The molecule has 0 N–H and O–H groups in total. The Balaban J connectivity index is 2.07. The summed E-state index contributed by atoms with van der Waals surface area (Å²) in [4.78, 5) is 4.68.